The highest BCUT2D eigenvalue weighted by molar-refractivity contribution is 5.18. The molecule has 4 rings (SSSR count). The Morgan fingerprint density at radius 2 is 1.72 bits per heavy atom. The molecule has 3 aromatic rings. The van der Waals surface area contributed by atoms with Crippen molar-refractivity contribution in [3.63, 3.8) is 0 Å². The van der Waals surface area contributed by atoms with Crippen LogP contribution in [0.1, 0.15) is 23.1 Å². The number of morpholine rings is 1. The Balaban J connectivity index is 1.43. The van der Waals surface area contributed by atoms with Crippen molar-refractivity contribution in [2.24, 2.45) is 0 Å². The normalized spacial score (nSPS) is 18.3. The van der Waals surface area contributed by atoms with Gasteiger partial charge in [-0.25, -0.2) is 4.68 Å². The second kappa shape index (κ2) is 7.55. The van der Waals surface area contributed by atoms with Gasteiger partial charge in [0.15, 0.2) is 5.82 Å². The highest BCUT2D eigenvalue weighted by atomic mass is 16.5. The van der Waals surface area contributed by atoms with Gasteiger partial charge >= 0.3 is 0 Å². The van der Waals surface area contributed by atoms with Crippen molar-refractivity contribution in [1.29, 1.82) is 0 Å². The van der Waals surface area contributed by atoms with Crippen molar-refractivity contribution < 1.29 is 4.74 Å². The van der Waals surface area contributed by atoms with Crippen molar-refractivity contribution in [2.45, 2.75) is 19.2 Å². The number of benzene rings is 2. The van der Waals surface area contributed by atoms with Crippen LogP contribution in [0.25, 0.3) is 0 Å². The summed E-state index contributed by atoms with van der Waals surface area (Å²) in [5.41, 5.74) is 2.41. The van der Waals surface area contributed by atoms with Gasteiger partial charge < -0.3 is 4.74 Å². The molecule has 1 aliphatic heterocycles. The monoisotopic (exact) mass is 335 g/mol. The summed E-state index contributed by atoms with van der Waals surface area (Å²) in [4.78, 5) is 2.36. The van der Waals surface area contributed by atoms with Crippen LogP contribution >= 0.6 is 0 Å². The van der Waals surface area contributed by atoms with Crippen molar-refractivity contribution in [2.75, 3.05) is 19.7 Å². The van der Waals surface area contributed by atoms with E-state index in [1.807, 2.05) is 28.9 Å². The molecule has 1 saturated heterocycles. The van der Waals surface area contributed by atoms with Crippen LogP contribution in [-0.4, -0.2) is 44.8 Å². The van der Waals surface area contributed by atoms with Crippen LogP contribution in [0.15, 0.2) is 60.7 Å². The van der Waals surface area contributed by atoms with Crippen molar-refractivity contribution in [3.05, 3.63) is 77.6 Å². The van der Waals surface area contributed by atoms with Gasteiger partial charge in [0.1, 0.15) is 0 Å². The van der Waals surface area contributed by atoms with Gasteiger partial charge in [-0.15, -0.1) is 5.10 Å². The maximum absolute atomic E-state index is 5.94. The van der Waals surface area contributed by atoms with Gasteiger partial charge in [0.25, 0.3) is 0 Å². The second-order valence-corrected chi connectivity index (χ2v) is 6.24. The van der Waals surface area contributed by atoms with E-state index in [0.717, 1.165) is 32.1 Å². The Kier molecular flexibility index (Phi) is 4.81. The van der Waals surface area contributed by atoms with Crippen molar-refractivity contribution >= 4 is 0 Å². The summed E-state index contributed by atoms with van der Waals surface area (Å²) in [5, 5.41) is 12.2. The van der Waals surface area contributed by atoms with Gasteiger partial charge in [-0.2, -0.15) is 0 Å². The molecular formula is C19H21N5O. The summed E-state index contributed by atoms with van der Waals surface area (Å²) >= 11 is 0. The molecular weight excluding hydrogens is 314 g/mol. The lowest BCUT2D eigenvalue weighted by Crippen LogP contribution is -2.38. The molecule has 2 heterocycles. The molecule has 0 amide bonds. The highest BCUT2D eigenvalue weighted by Gasteiger charge is 2.23. The van der Waals surface area contributed by atoms with Gasteiger partial charge in [-0.05, 0) is 21.6 Å². The van der Waals surface area contributed by atoms with E-state index >= 15 is 0 Å². The molecule has 6 nitrogen and oxygen atoms in total. The fourth-order valence-electron chi connectivity index (χ4n) is 3.13. The topological polar surface area (TPSA) is 56.1 Å². The van der Waals surface area contributed by atoms with E-state index in [0.29, 0.717) is 6.54 Å². The Morgan fingerprint density at radius 3 is 2.52 bits per heavy atom. The minimum absolute atomic E-state index is 0.105. The lowest BCUT2D eigenvalue weighted by atomic mass is 10.1. The fraction of sp³-hybridized carbons (Fsp3) is 0.316. The van der Waals surface area contributed by atoms with E-state index in [2.05, 4.69) is 56.8 Å². The zero-order valence-corrected chi connectivity index (χ0v) is 14.0. The molecule has 25 heavy (non-hydrogen) atoms. The Morgan fingerprint density at radius 1 is 0.960 bits per heavy atom. The lowest BCUT2D eigenvalue weighted by molar-refractivity contribution is -0.0340. The average molecular weight is 335 g/mol. The minimum atomic E-state index is 0.105. The van der Waals surface area contributed by atoms with Crippen LogP contribution in [-0.2, 0) is 17.8 Å². The molecule has 128 valence electrons. The average Bonchev–Trinajstić information content (AvgIpc) is 3.10. The smallest absolute Gasteiger partial charge is 0.165 e. The number of nitrogens with zero attached hydrogens (tertiary/aromatic N) is 5. The zero-order chi connectivity index (χ0) is 16.9. The number of aromatic nitrogens is 4. The van der Waals surface area contributed by atoms with Crippen LogP contribution in [0.5, 0.6) is 0 Å². The maximum Gasteiger partial charge on any atom is 0.165 e. The van der Waals surface area contributed by atoms with Crippen molar-refractivity contribution in [3.8, 4) is 0 Å². The highest BCUT2D eigenvalue weighted by Crippen LogP contribution is 2.22. The maximum atomic E-state index is 5.94. The van der Waals surface area contributed by atoms with Gasteiger partial charge in [0, 0.05) is 13.1 Å². The molecule has 1 atom stereocenters. The molecule has 0 radical (unpaired) electrons. The third-order valence-corrected chi connectivity index (χ3v) is 4.47. The molecule has 1 aromatic heterocycles. The lowest BCUT2D eigenvalue weighted by Gasteiger charge is -2.32. The predicted octanol–water partition coefficient (Wildman–Crippen LogP) is 2.29. The SMILES string of the molecule is c1ccc(Cn2nnnc2CN2CCO[C@@H](c3ccccc3)C2)cc1. The Bertz CT molecular complexity index is 790. The molecule has 0 unspecified atom stereocenters. The van der Waals surface area contributed by atoms with Crippen molar-refractivity contribution in [1.82, 2.24) is 25.1 Å². The third-order valence-electron chi connectivity index (χ3n) is 4.47. The van der Waals surface area contributed by atoms with E-state index in [1.165, 1.54) is 11.1 Å². The summed E-state index contributed by atoms with van der Waals surface area (Å²) in [5.74, 6) is 0.887. The number of tetrazole rings is 1. The number of rotatable bonds is 5. The molecule has 1 aliphatic rings. The van der Waals surface area contributed by atoms with Crippen LogP contribution in [0.3, 0.4) is 0 Å². The van der Waals surface area contributed by atoms with Crippen LogP contribution in [0.2, 0.25) is 0 Å². The summed E-state index contributed by atoms with van der Waals surface area (Å²) in [6, 6.07) is 20.6. The summed E-state index contributed by atoms with van der Waals surface area (Å²) in [6.07, 6.45) is 0.105. The van der Waals surface area contributed by atoms with E-state index in [4.69, 9.17) is 4.74 Å². The molecule has 1 fully saturated rings. The first-order chi connectivity index (χ1) is 12.4. The summed E-state index contributed by atoms with van der Waals surface area (Å²) in [7, 11) is 0. The fourth-order valence-corrected chi connectivity index (χ4v) is 3.13. The van der Waals surface area contributed by atoms with Gasteiger partial charge in [0.2, 0.25) is 0 Å². The molecule has 2 aromatic carbocycles. The Hall–Kier alpha value is -2.57. The van der Waals surface area contributed by atoms with E-state index < -0.39 is 0 Å². The number of hydrogen-bond acceptors (Lipinski definition) is 5. The standard InChI is InChI=1S/C19H21N5O/c1-3-7-16(8-4-1)13-24-19(20-21-22-24)15-23-11-12-25-18(14-23)17-9-5-2-6-10-17/h1-10,18H,11-15H2/t18-/m1/s1. The third kappa shape index (κ3) is 3.92. The van der Waals surface area contributed by atoms with E-state index in [9.17, 15) is 0 Å². The largest absolute Gasteiger partial charge is 0.371 e. The molecule has 0 N–H and O–H groups in total. The van der Waals surface area contributed by atoms with E-state index in [1.54, 1.807) is 0 Å². The van der Waals surface area contributed by atoms with Crippen LogP contribution in [0, 0.1) is 0 Å². The quantitative estimate of drug-likeness (QED) is 0.716. The zero-order valence-electron chi connectivity index (χ0n) is 14.0. The first-order valence-corrected chi connectivity index (χ1v) is 8.56. The number of ether oxygens (including phenoxy) is 1. The molecule has 0 spiro atoms. The minimum Gasteiger partial charge on any atom is -0.371 e. The summed E-state index contributed by atoms with van der Waals surface area (Å²) in [6.45, 7) is 3.88. The molecule has 0 saturated carbocycles. The van der Waals surface area contributed by atoms with E-state index in [-0.39, 0.29) is 6.10 Å². The molecule has 0 bridgehead atoms. The van der Waals surface area contributed by atoms with Gasteiger partial charge in [-0.1, -0.05) is 60.7 Å². The predicted molar refractivity (Wildman–Crippen MR) is 93.8 cm³/mol. The first kappa shape index (κ1) is 15.9. The molecule has 6 heteroatoms. The summed E-state index contributed by atoms with van der Waals surface area (Å²) < 4.78 is 7.82. The first-order valence-electron chi connectivity index (χ1n) is 8.56. The van der Waals surface area contributed by atoms with Gasteiger partial charge in [0.05, 0.1) is 25.8 Å². The van der Waals surface area contributed by atoms with Crippen LogP contribution in [0.4, 0.5) is 0 Å². The number of hydrogen-bond donors (Lipinski definition) is 0. The van der Waals surface area contributed by atoms with Crippen LogP contribution < -0.4 is 0 Å². The van der Waals surface area contributed by atoms with Gasteiger partial charge in [-0.3, -0.25) is 4.90 Å². The molecule has 0 aliphatic carbocycles. The Labute approximate surface area is 147 Å². The second-order valence-electron chi connectivity index (χ2n) is 6.24.